The predicted molar refractivity (Wildman–Crippen MR) is 83.2 cm³/mol. The Bertz CT molecular complexity index is 477. The van der Waals surface area contributed by atoms with Crippen LogP contribution in [0.1, 0.15) is 25.0 Å². The molecule has 1 saturated heterocycles. The topological polar surface area (TPSA) is 35.6 Å². The van der Waals surface area contributed by atoms with Crippen molar-refractivity contribution in [3.63, 3.8) is 0 Å². The Labute approximate surface area is 121 Å². The molecule has 1 aliphatic rings. The van der Waals surface area contributed by atoms with E-state index < -0.39 is 0 Å². The molecule has 2 rings (SSSR count). The maximum absolute atomic E-state index is 12.3. The summed E-state index contributed by atoms with van der Waals surface area (Å²) in [5.74, 6) is 0. The number of anilines is 1. The summed E-state index contributed by atoms with van der Waals surface area (Å²) in [6, 6.07) is 6.67. The van der Waals surface area contributed by atoms with E-state index in [2.05, 4.69) is 37.1 Å². The predicted octanol–water partition coefficient (Wildman–Crippen LogP) is 2.86. The molecule has 1 aromatic rings. The van der Waals surface area contributed by atoms with Gasteiger partial charge in [0.2, 0.25) is 0 Å². The number of rotatable bonds is 2. The molecule has 0 aliphatic carbocycles. The van der Waals surface area contributed by atoms with Crippen LogP contribution < -0.4 is 5.32 Å². The van der Waals surface area contributed by atoms with E-state index in [-0.39, 0.29) is 6.03 Å². The van der Waals surface area contributed by atoms with E-state index in [0.717, 1.165) is 37.4 Å². The van der Waals surface area contributed by atoms with Crippen LogP contribution in [0.2, 0.25) is 0 Å². The van der Waals surface area contributed by atoms with Gasteiger partial charge in [-0.3, -0.25) is 4.90 Å². The van der Waals surface area contributed by atoms with Crippen molar-refractivity contribution < 1.29 is 4.79 Å². The lowest BCUT2D eigenvalue weighted by Crippen LogP contribution is -2.51. The van der Waals surface area contributed by atoms with E-state index in [1.54, 1.807) is 0 Å². The lowest BCUT2D eigenvalue weighted by atomic mass is 10.1. The van der Waals surface area contributed by atoms with Crippen molar-refractivity contribution in [3.05, 3.63) is 29.3 Å². The summed E-state index contributed by atoms with van der Waals surface area (Å²) in [6.07, 6.45) is 0. The molecule has 0 bridgehead atoms. The molecule has 1 fully saturated rings. The molecule has 1 N–H and O–H groups in total. The number of nitrogens with one attached hydrogen (secondary N) is 1. The van der Waals surface area contributed by atoms with Crippen molar-refractivity contribution in [2.75, 3.05) is 31.5 Å². The highest BCUT2D eigenvalue weighted by atomic mass is 16.2. The molecule has 1 heterocycles. The first kappa shape index (κ1) is 14.9. The van der Waals surface area contributed by atoms with Crippen LogP contribution in [-0.2, 0) is 0 Å². The lowest BCUT2D eigenvalue weighted by Gasteiger charge is -2.36. The number of hydrogen-bond acceptors (Lipinski definition) is 2. The van der Waals surface area contributed by atoms with Gasteiger partial charge in [-0.1, -0.05) is 17.7 Å². The van der Waals surface area contributed by atoms with Crippen LogP contribution in [0.3, 0.4) is 0 Å². The fourth-order valence-electron chi connectivity index (χ4n) is 2.59. The highest BCUT2D eigenvalue weighted by molar-refractivity contribution is 5.90. The Hall–Kier alpha value is -1.55. The van der Waals surface area contributed by atoms with Gasteiger partial charge >= 0.3 is 6.03 Å². The van der Waals surface area contributed by atoms with Gasteiger partial charge in [0.1, 0.15) is 0 Å². The summed E-state index contributed by atoms with van der Waals surface area (Å²) in [5, 5.41) is 3.02. The average molecular weight is 275 g/mol. The Kier molecular flexibility index (Phi) is 4.65. The van der Waals surface area contributed by atoms with Crippen LogP contribution in [0.5, 0.6) is 0 Å². The second-order valence-electron chi connectivity index (χ2n) is 5.87. The van der Waals surface area contributed by atoms with Crippen LogP contribution in [0.4, 0.5) is 10.5 Å². The van der Waals surface area contributed by atoms with Crippen LogP contribution >= 0.6 is 0 Å². The van der Waals surface area contributed by atoms with Gasteiger partial charge in [0.25, 0.3) is 0 Å². The van der Waals surface area contributed by atoms with Gasteiger partial charge < -0.3 is 10.2 Å². The van der Waals surface area contributed by atoms with Crippen molar-refractivity contribution in [1.82, 2.24) is 9.80 Å². The Balaban J connectivity index is 1.93. The van der Waals surface area contributed by atoms with E-state index in [9.17, 15) is 4.79 Å². The van der Waals surface area contributed by atoms with E-state index >= 15 is 0 Å². The number of piperazine rings is 1. The van der Waals surface area contributed by atoms with Crippen LogP contribution in [-0.4, -0.2) is 48.1 Å². The zero-order chi connectivity index (χ0) is 14.7. The van der Waals surface area contributed by atoms with Gasteiger partial charge in [0.05, 0.1) is 0 Å². The summed E-state index contributed by atoms with van der Waals surface area (Å²) >= 11 is 0. The molecule has 0 saturated carbocycles. The summed E-state index contributed by atoms with van der Waals surface area (Å²) < 4.78 is 0. The number of nitrogens with zero attached hydrogens (tertiary/aromatic N) is 2. The van der Waals surface area contributed by atoms with E-state index in [1.807, 2.05) is 24.0 Å². The number of carbonyl (C=O) groups is 1. The molecule has 0 radical (unpaired) electrons. The first-order chi connectivity index (χ1) is 9.47. The summed E-state index contributed by atoms with van der Waals surface area (Å²) in [4.78, 5) is 16.6. The van der Waals surface area contributed by atoms with Gasteiger partial charge in [-0.15, -0.1) is 0 Å². The van der Waals surface area contributed by atoms with Gasteiger partial charge in [-0.2, -0.15) is 0 Å². The molecular weight excluding hydrogens is 250 g/mol. The van der Waals surface area contributed by atoms with Crippen molar-refractivity contribution >= 4 is 11.7 Å². The van der Waals surface area contributed by atoms with E-state index in [4.69, 9.17) is 0 Å². The van der Waals surface area contributed by atoms with Gasteiger partial charge in [-0.25, -0.2) is 4.79 Å². The fourth-order valence-corrected chi connectivity index (χ4v) is 2.59. The smallest absolute Gasteiger partial charge is 0.321 e. The number of carbonyl (C=O) groups excluding carboxylic acids is 1. The first-order valence-electron chi connectivity index (χ1n) is 7.34. The van der Waals surface area contributed by atoms with Crippen molar-refractivity contribution in [1.29, 1.82) is 0 Å². The molecule has 0 aromatic heterocycles. The molecule has 1 aliphatic heterocycles. The third-order valence-electron chi connectivity index (χ3n) is 3.96. The van der Waals surface area contributed by atoms with Crippen LogP contribution in [0.15, 0.2) is 18.2 Å². The maximum atomic E-state index is 12.3. The Morgan fingerprint density at radius 2 is 1.80 bits per heavy atom. The molecule has 1 aromatic carbocycles. The SMILES string of the molecule is Cc1ccc(NC(=O)N2CCN(C(C)C)CC2)c(C)c1. The number of benzene rings is 1. The standard InChI is InChI=1S/C16H25N3O/c1-12(2)18-7-9-19(10-8-18)16(20)17-15-6-5-13(3)11-14(15)4/h5-6,11-12H,7-10H2,1-4H3,(H,17,20). The minimum absolute atomic E-state index is 0.0142. The highest BCUT2D eigenvalue weighted by Gasteiger charge is 2.22. The monoisotopic (exact) mass is 275 g/mol. The molecule has 4 nitrogen and oxygen atoms in total. The molecule has 0 spiro atoms. The lowest BCUT2D eigenvalue weighted by molar-refractivity contribution is 0.125. The maximum Gasteiger partial charge on any atom is 0.321 e. The molecular formula is C16H25N3O. The van der Waals surface area contributed by atoms with Crippen molar-refractivity contribution in [2.45, 2.75) is 33.7 Å². The molecule has 110 valence electrons. The van der Waals surface area contributed by atoms with E-state index in [0.29, 0.717) is 6.04 Å². The van der Waals surface area contributed by atoms with E-state index in [1.165, 1.54) is 5.56 Å². The van der Waals surface area contributed by atoms with Crippen LogP contribution in [0.25, 0.3) is 0 Å². The first-order valence-corrected chi connectivity index (χ1v) is 7.34. The molecule has 0 atom stereocenters. The molecule has 0 unspecified atom stereocenters. The van der Waals surface area contributed by atoms with Crippen molar-refractivity contribution in [2.24, 2.45) is 0 Å². The minimum Gasteiger partial charge on any atom is -0.322 e. The Morgan fingerprint density at radius 3 is 2.35 bits per heavy atom. The number of urea groups is 1. The largest absolute Gasteiger partial charge is 0.322 e. The van der Waals surface area contributed by atoms with Crippen LogP contribution in [0, 0.1) is 13.8 Å². The fraction of sp³-hybridized carbons (Fsp3) is 0.562. The second-order valence-corrected chi connectivity index (χ2v) is 5.87. The normalized spacial score (nSPS) is 16.6. The molecule has 4 heteroatoms. The molecule has 2 amide bonds. The zero-order valence-corrected chi connectivity index (χ0v) is 12.9. The number of amides is 2. The Morgan fingerprint density at radius 1 is 1.15 bits per heavy atom. The van der Waals surface area contributed by atoms with Gasteiger partial charge in [-0.05, 0) is 39.3 Å². The third-order valence-corrected chi connectivity index (χ3v) is 3.96. The van der Waals surface area contributed by atoms with Gasteiger partial charge in [0, 0.05) is 37.9 Å². The third kappa shape index (κ3) is 3.51. The second kappa shape index (κ2) is 6.27. The van der Waals surface area contributed by atoms with Crippen molar-refractivity contribution in [3.8, 4) is 0 Å². The number of hydrogen-bond donors (Lipinski definition) is 1. The average Bonchev–Trinajstić information content (AvgIpc) is 2.42. The summed E-state index contributed by atoms with van der Waals surface area (Å²) in [7, 11) is 0. The zero-order valence-electron chi connectivity index (χ0n) is 12.9. The summed E-state index contributed by atoms with van der Waals surface area (Å²) in [5.41, 5.74) is 3.23. The minimum atomic E-state index is 0.0142. The summed E-state index contributed by atoms with van der Waals surface area (Å²) in [6.45, 7) is 12.0. The number of aryl methyl sites for hydroxylation is 2. The highest BCUT2D eigenvalue weighted by Crippen LogP contribution is 2.17. The quantitative estimate of drug-likeness (QED) is 0.901. The molecule has 20 heavy (non-hydrogen) atoms. The van der Waals surface area contributed by atoms with Gasteiger partial charge in [0.15, 0.2) is 0 Å².